The third-order valence-corrected chi connectivity index (χ3v) is 3.38. The second-order valence-corrected chi connectivity index (χ2v) is 4.91. The third kappa shape index (κ3) is 4.89. The van der Waals surface area contributed by atoms with Crippen molar-refractivity contribution in [3.8, 4) is 0 Å². The van der Waals surface area contributed by atoms with Crippen LogP contribution in [0.15, 0.2) is 0 Å². The minimum absolute atomic E-state index is 0.462. The Labute approximate surface area is 86.0 Å². The Morgan fingerprint density at radius 3 is 2.85 bits per heavy atom. The van der Waals surface area contributed by atoms with Gasteiger partial charge in [-0.3, -0.25) is 0 Å². The maximum absolute atomic E-state index is 5.83. The molecule has 3 N–H and O–H groups in total. The summed E-state index contributed by atoms with van der Waals surface area (Å²) in [4.78, 5) is 0. The molecule has 0 amide bonds. The molecule has 2 nitrogen and oxygen atoms in total. The fraction of sp³-hybridized carbons (Fsp3) is 1.00. The monoisotopic (exact) mass is 202 g/mol. The Kier molecular flexibility index (Phi) is 5.83. The summed E-state index contributed by atoms with van der Waals surface area (Å²) in [6.07, 6.45) is 8.50. The summed E-state index contributed by atoms with van der Waals surface area (Å²) >= 11 is 1.94. The molecule has 0 radical (unpaired) electrons. The lowest BCUT2D eigenvalue weighted by atomic mass is 10.2. The molecular formula is C10H22N2S. The van der Waals surface area contributed by atoms with E-state index in [4.69, 9.17) is 5.73 Å². The van der Waals surface area contributed by atoms with E-state index in [0.29, 0.717) is 12.1 Å². The average Bonchev–Trinajstić information content (AvgIpc) is 2.51. The van der Waals surface area contributed by atoms with Crippen LogP contribution in [-0.4, -0.2) is 30.6 Å². The summed E-state index contributed by atoms with van der Waals surface area (Å²) in [5.74, 6) is 1.30. The van der Waals surface area contributed by atoms with Crippen molar-refractivity contribution in [1.82, 2.24) is 5.32 Å². The lowest BCUT2D eigenvalue weighted by molar-refractivity contribution is 0.507. The van der Waals surface area contributed by atoms with Gasteiger partial charge < -0.3 is 11.1 Å². The molecule has 0 aromatic carbocycles. The van der Waals surface area contributed by atoms with Crippen LogP contribution < -0.4 is 11.1 Å². The zero-order chi connectivity index (χ0) is 9.52. The first-order valence-corrected chi connectivity index (χ1v) is 6.70. The van der Waals surface area contributed by atoms with Gasteiger partial charge in [0.25, 0.3) is 0 Å². The van der Waals surface area contributed by atoms with Crippen LogP contribution in [0.3, 0.4) is 0 Å². The molecule has 3 heteroatoms. The van der Waals surface area contributed by atoms with E-state index in [-0.39, 0.29) is 0 Å². The molecule has 1 aliphatic carbocycles. The second-order valence-electron chi connectivity index (χ2n) is 3.92. The zero-order valence-electron chi connectivity index (χ0n) is 8.59. The molecule has 0 aromatic heterocycles. The molecule has 0 aliphatic heterocycles. The summed E-state index contributed by atoms with van der Waals surface area (Å²) in [5, 5.41) is 3.58. The van der Waals surface area contributed by atoms with Crippen molar-refractivity contribution in [1.29, 1.82) is 0 Å². The number of hydrogen-bond donors (Lipinski definition) is 2. The van der Waals surface area contributed by atoms with E-state index in [2.05, 4.69) is 11.6 Å². The highest BCUT2D eigenvalue weighted by Crippen LogP contribution is 2.16. The number of rotatable bonds is 6. The highest BCUT2D eigenvalue weighted by molar-refractivity contribution is 7.98. The Morgan fingerprint density at radius 2 is 2.23 bits per heavy atom. The number of hydrogen-bond acceptors (Lipinski definition) is 3. The fourth-order valence-electron chi connectivity index (χ4n) is 1.88. The molecule has 13 heavy (non-hydrogen) atoms. The van der Waals surface area contributed by atoms with Gasteiger partial charge in [0.05, 0.1) is 0 Å². The minimum Gasteiger partial charge on any atom is -0.328 e. The lowest BCUT2D eigenvalue weighted by Gasteiger charge is -2.11. The molecule has 2 atom stereocenters. The first kappa shape index (κ1) is 11.3. The van der Waals surface area contributed by atoms with E-state index in [9.17, 15) is 0 Å². The Bertz CT molecular complexity index is 130. The molecule has 78 valence electrons. The molecule has 1 rings (SSSR count). The van der Waals surface area contributed by atoms with Crippen molar-refractivity contribution < 1.29 is 0 Å². The van der Waals surface area contributed by atoms with E-state index >= 15 is 0 Å². The molecular weight excluding hydrogens is 180 g/mol. The zero-order valence-corrected chi connectivity index (χ0v) is 9.41. The van der Waals surface area contributed by atoms with Gasteiger partial charge in [-0.15, -0.1) is 0 Å². The van der Waals surface area contributed by atoms with Crippen molar-refractivity contribution in [3.63, 3.8) is 0 Å². The predicted octanol–water partition coefficient (Wildman–Crippen LogP) is 1.60. The lowest BCUT2D eigenvalue weighted by Crippen LogP contribution is -2.29. The van der Waals surface area contributed by atoms with Crippen LogP contribution in [0.4, 0.5) is 0 Å². The van der Waals surface area contributed by atoms with Gasteiger partial charge in [0.2, 0.25) is 0 Å². The Balaban J connectivity index is 1.88. The quantitative estimate of drug-likeness (QED) is 0.643. The fourth-order valence-corrected chi connectivity index (χ4v) is 2.37. The minimum atomic E-state index is 0.462. The van der Waals surface area contributed by atoms with Gasteiger partial charge >= 0.3 is 0 Å². The highest BCUT2D eigenvalue weighted by Gasteiger charge is 2.20. The third-order valence-electron chi connectivity index (χ3n) is 2.68. The second kappa shape index (κ2) is 6.68. The van der Waals surface area contributed by atoms with Crippen molar-refractivity contribution >= 4 is 11.8 Å². The molecule has 0 aromatic rings. The largest absolute Gasteiger partial charge is 0.328 e. The maximum atomic E-state index is 5.83. The summed E-state index contributed by atoms with van der Waals surface area (Å²) in [5.41, 5.74) is 5.83. The van der Waals surface area contributed by atoms with Gasteiger partial charge in [0.1, 0.15) is 0 Å². The maximum Gasteiger partial charge on any atom is 0.00823 e. The first-order valence-electron chi connectivity index (χ1n) is 5.31. The number of unbranched alkanes of at least 4 members (excludes halogenated alkanes) is 1. The van der Waals surface area contributed by atoms with Crippen LogP contribution in [0, 0.1) is 0 Å². The van der Waals surface area contributed by atoms with E-state index in [1.807, 2.05) is 11.8 Å². The predicted molar refractivity (Wildman–Crippen MR) is 61.2 cm³/mol. The van der Waals surface area contributed by atoms with Crippen molar-refractivity contribution in [2.45, 2.75) is 44.2 Å². The molecule has 0 heterocycles. The van der Waals surface area contributed by atoms with E-state index in [1.54, 1.807) is 0 Å². The molecule has 0 spiro atoms. The van der Waals surface area contributed by atoms with E-state index in [1.165, 1.54) is 44.4 Å². The molecule has 0 saturated heterocycles. The smallest absolute Gasteiger partial charge is 0.00823 e. The van der Waals surface area contributed by atoms with E-state index < -0.39 is 0 Å². The highest BCUT2D eigenvalue weighted by atomic mass is 32.2. The molecule has 1 fully saturated rings. The van der Waals surface area contributed by atoms with Crippen LogP contribution in [0.1, 0.15) is 32.1 Å². The van der Waals surface area contributed by atoms with Crippen LogP contribution in [0.5, 0.6) is 0 Å². The summed E-state index contributed by atoms with van der Waals surface area (Å²) in [6.45, 7) is 1.18. The topological polar surface area (TPSA) is 38.0 Å². The van der Waals surface area contributed by atoms with Gasteiger partial charge in [-0.05, 0) is 50.7 Å². The molecule has 1 saturated carbocycles. The van der Waals surface area contributed by atoms with Crippen molar-refractivity contribution in [3.05, 3.63) is 0 Å². The summed E-state index contributed by atoms with van der Waals surface area (Å²) in [6, 6.07) is 1.17. The van der Waals surface area contributed by atoms with Gasteiger partial charge in [0.15, 0.2) is 0 Å². The van der Waals surface area contributed by atoms with Gasteiger partial charge in [-0.25, -0.2) is 0 Å². The average molecular weight is 202 g/mol. The van der Waals surface area contributed by atoms with Gasteiger partial charge in [-0.2, -0.15) is 11.8 Å². The number of nitrogens with one attached hydrogen (secondary N) is 1. The number of nitrogens with two attached hydrogens (primary N) is 1. The summed E-state index contributed by atoms with van der Waals surface area (Å²) < 4.78 is 0. The van der Waals surface area contributed by atoms with Crippen molar-refractivity contribution in [2.75, 3.05) is 18.6 Å². The first-order chi connectivity index (χ1) is 6.33. The van der Waals surface area contributed by atoms with Gasteiger partial charge in [0, 0.05) is 12.1 Å². The van der Waals surface area contributed by atoms with E-state index in [0.717, 1.165) is 0 Å². The summed E-state index contributed by atoms with van der Waals surface area (Å²) in [7, 11) is 0. The number of thioether (sulfide) groups is 1. The molecule has 2 unspecified atom stereocenters. The SMILES string of the molecule is CSCCCCNC1CCC(N)C1. The van der Waals surface area contributed by atoms with Crippen LogP contribution in [-0.2, 0) is 0 Å². The van der Waals surface area contributed by atoms with Crippen molar-refractivity contribution in [2.24, 2.45) is 5.73 Å². The normalized spacial score (nSPS) is 28.2. The standard InChI is InChI=1S/C10H22N2S/c1-13-7-3-2-6-12-10-5-4-9(11)8-10/h9-10,12H,2-8,11H2,1H3. The molecule has 1 aliphatic rings. The van der Waals surface area contributed by atoms with Crippen LogP contribution >= 0.6 is 11.8 Å². The van der Waals surface area contributed by atoms with Crippen LogP contribution in [0.2, 0.25) is 0 Å². The molecule has 0 bridgehead atoms. The Hall–Kier alpha value is 0.270. The Morgan fingerprint density at radius 1 is 1.38 bits per heavy atom. The van der Waals surface area contributed by atoms with Gasteiger partial charge in [-0.1, -0.05) is 0 Å². The van der Waals surface area contributed by atoms with Crippen LogP contribution in [0.25, 0.3) is 0 Å².